The summed E-state index contributed by atoms with van der Waals surface area (Å²) in [5, 5.41) is 0. The molecule has 0 aromatic carbocycles. The van der Waals surface area contributed by atoms with Gasteiger partial charge in [-0.1, -0.05) is 12.8 Å². The molecule has 0 aromatic rings. The van der Waals surface area contributed by atoms with Crippen molar-refractivity contribution in [3.8, 4) is 0 Å². The van der Waals surface area contributed by atoms with E-state index in [1.807, 2.05) is 0 Å². The van der Waals surface area contributed by atoms with E-state index in [0.29, 0.717) is 13.2 Å². The van der Waals surface area contributed by atoms with Crippen molar-refractivity contribution in [1.29, 1.82) is 0 Å². The van der Waals surface area contributed by atoms with Gasteiger partial charge in [-0.25, -0.2) is 0 Å². The zero-order valence-corrected chi connectivity index (χ0v) is 7.87. The number of hydrazine groups is 1. The quantitative estimate of drug-likeness (QED) is 0.480. The Hall–Kier alpha value is -0.160. The van der Waals surface area contributed by atoms with Crippen molar-refractivity contribution >= 4 is 0 Å². The lowest BCUT2D eigenvalue weighted by Crippen LogP contribution is -2.49. The van der Waals surface area contributed by atoms with Crippen LogP contribution in [0.4, 0.5) is 0 Å². The average molecular weight is 186 g/mol. The molecule has 0 aromatic heterocycles. The van der Waals surface area contributed by atoms with Crippen molar-refractivity contribution in [2.24, 2.45) is 11.8 Å². The lowest BCUT2D eigenvalue weighted by Gasteiger charge is -2.29. The molecule has 0 spiro atoms. The molecule has 3 N–H and O–H groups in total. The molecular formula is C9H18N2O2. The molecule has 13 heavy (non-hydrogen) atoms. The molecule has 4 nitrogen and oxygen atoms in total. The lowest BCUT2D eigenvalue weighted by molar-refractivity contribution is -0.103. The number of nitrogens with one attached hydrogen (secondary N) is 1. The van der Waals surface area contributed by atoms with E-state index in [0.717, 1.165) is 18.9 Å². The van der Waals surface area contributed by atoms with Crippen LogP contribution in [0.25, 0.3) is 0 Å². The fraction of sp³-hybridized carbons (Fsp3) is 1.00. The van der Waals surface area contributed by atoms with Gasteiger partial charge in [0.15, 0.2) is 0 Å². The zero-order chi connectivity index (χ0) is 9.10. The number of nitrogens with two attached hydrogens (primary N) is 1. The van der Waals surface area contributed by atoms with Gasteiger partial charge < -0.3 is 9.47 Å². The Morgan fingerprint density at radius 2 is 2.23 bits per heavy atom. The summed E-state index contributed by atoms with van der Waals surface area (Å²) in [5.41, 5.74) is 2.84. The lowest BCUT2D eigenvalue weighted by atomic mass is 10.1. The van der Waals surface area contributed by atoms with E-state index in [2.05, 4.69) is 5.43 Å². The highest BCUT2D eigenvalue weighted by Crippen LogP contribution is 2.34. The molecular weight excluding hydrogens is 168 g/mol. The summed E-state index contributed by atoms with van der Waals surface area (Å²) in [4.78, 5) is 0. The summed E-state index contributed by atoms with van der Waals surface area (Å²) in [6.07, 6.45) is 3.99. The molecule has 2 fully saturated rings. The van der Waals surface area contributed by atoms with Crippen LogP contribution in [0.15, 0.2) is 0 Å². The Bertz CT molecular complexity index is 156. The normalized spacial score (nSPS) is 31.6. The van der Waals surface area contributed by atoms with Crippen LogP contribution in [0, 0.1) is 5.92 Å². The van der Waals surface area contributed by atoms with E-state index in [4.69, 9.17) is 15.3 Å². The molecule has 2 rings (SSSR count). The summed E-state index contributed by atoms with van der Waals surface area (Å²) in [6, 6.07) is 0.271. The first kappa shape index (κ1) is 9.40. The van der Waals surface area contributed by atoms with Gasteiger partial charge in [0, 0.05) is 6.04 Å². The molecule has 0 amide bonds. The van der Waals surface area contributed by atoms with Crippen molar-refractivity contribution in [2.45, 2.75) is 31.4 Å². The highest BCUT2D eigenvalue weighted by atomic mass is 16.6. The Kier molecular flexibility index (Phi) is 3.16. The third-order valence-electron chi connectivity index (χ3n) is 2.79. The number of rotatable bonds is 4. The first-order valence-corrected chi connectivity index (χ1v) is 5.05. The second-order valence-electron chi connectivity index (χ2n) is 3.94. The summed E-state index contributed by atoms with van der Waals surface area (Å²) in [6.45, 7) is 2.10. The fourth-order valence-corrected chi connectivity index (χ4v) is 1.78. The van der Waals surface area contributed by atoms with Gasteiger partial charge in [0.25, 0.3) is 0 Å². The monoisotopic (exact) mass is 186 g/mol. The van der Waals surface area contributed by atoms with Gasteiger partial charge in [0.2, 0.25) is 0 Å². The molecule has 1 saturated heterocycles. The van der Waals surface area contributed by atoms with Gasteiger partial charge in [-0.05, 0) is 12.3 Å². The largest absolute Gasteiger partial charge is 0.376 e. The Labute approximate surface area is 78.7 Å². The van der Waals surface area contributed by atoms with Crippen LogP contribution in [0.2, 0.25) is 0 Å². The molecule has 1 saturated carbocycles. The third-order valence-corrected chi connectivity index (χ3v) is 2.79. The van der Waals surface area contributed by atoms with E-state index in [1.165, 1.54) is 12.8 Å². The highest BCUT2D eigenvalue weighted by molar-refractivity contribution is 4.84. The van der Waals surface area contributed by atoms with Gasteiger partial charge in [-0.3, -0.25) is 11.3 Å². The maximum absolute atomic E-state index is 5.59. The maximum atomic E-state index is 5.59. The number of ether oxygens (including phenoxy) is 2. The van der Waals surface area contributed by atoms with E-state index in [-0.39, 0.29) is 12.1 Å². The fourth-order valence-electron chi connectivity index (χ4n) is 1.78. The molecule has 4 heteroatoms. The van der Waals surface area contributed by atoms with Gasteiger partial charge in [0.05, 0.1) is 25.9 Å². The van der Waals surface area contributed by atoms with E-state index >= 15 is 0 Å². The van der Waals surface area contributed by atoms with Crippen LogP contribution in [-0.4, -0.2) is 32.0 Å². The first-order chi connectivity index (χ1) is 6.40. The highest BCUT2D eigenvalue weighted by Gasteiger charge is 2.31. The predicted octanol–water partition coefficient (Wildman–Crippen LogP) is 0.0338. The molecule has 2 atom stereocenters. The maximum Gasteiger partial charge on any atom is 0.0975 e. The molecule has 1 heterocycles. The summed E-state index contributed by atoms with van der Waals surface area (Å²) in [7, 11) is 0. The Morgan fingerprint density at radius 1 is 1.38 bits per heavy atom. The van der Waals surface area contributed by atoms with Crippen molar-refractivity contribution in [3.63, 3.8) is 0 Å². The average Bonchev–Trinajstić information content (AvgIpc) is 2.99. The van der Waals surface area contributed by atoms with Crippen LogP contribution >= 0.6 is 0 Å². The minimum Gasteiger partial charge on any atom is -0.376 e. The minimum atomic E-state index is 0.152. The third kappa shape index (κ3) is 2.64. The zero-order valence-electron chi connectivity index (χ0n) is 7.87. The van der Waals surface area contributed by atoms with Crippen molar-refractivity contribution in [1.82, 2.24) is 5.43 Å². The van der Waals surface area contributed by atoms with Gasteiger partial charge in [-0.2, -0.15) is 0 Å². The van der Waals surface area contributed by atoms with Gasteiger partial charge >= 0.3 is 0 Å². The van der Waals surface area contributed by atoms with Crippen molar-refractivity contribution < 1.29 is 9.47 Å². The van der Waals surface area contributed by atoms with Crippen molar-refractivity contribution in [3.05, 3.63) is 0 Å². The standard InChI is InChI=1S/C9H18N2O2/c10-11-8(5-7-1-2-7)9-6-12-3-4-13-9/h7-9,11H,1-6,10H2. The molecule has 76 valence electrons. The minimum absolute atomic E-state index is 0.152. The summed E-state index contributed by atoms with van der Waals surface area (Å²) < 4.78 is 10.9. The molecule has 0 radical (unpaired) electrons. The molecule has 2 aliphatic rings. The van der Waals surface area contributed by atoms with E-state index in [9.17, 15) is 0 Å². The van der Waals surface area contributed by atoms with Crippen LogP contribution in [0.5, 0.6) is 0 Å². The number of hydrogen-bond donors (Lipinski definition) is 2. The molecule has 0 bridgehead atoms. The van der Waals surface area contributed by atoms with Crippen LogP contribution in [-0.2, 0) is 9.47 Å². The predicted molar refractivity (Wildman–Crippen MR) is 49.0 cm³/mol. The van der Waals surface area contributed by atoms with Gasteiger partial charge in [-0.15, -0.1) is 0 Å². The van der Waals surface area contributed by atoms with Crippen LogP contribution < -0.4 is 11.3 Å². The second kappa shape index (κ2) is 4.37. The number of hydrogen-bond acceptors (Lipinski definition) is 4. The van der Waals surface area contributed by atoms with Crippen molar-refractivity contribution in [2.75, 3.05) is 19.8 Å². The molecule has 1 aliphatic carbocycles. The van der Waals surface area contributed by atoms with Crippen LogP contribution in [0.1, 0.15) is 19.3 Å². The Balaban J connectivity index is 1.78. The summed E-state index contributed by atoms with van der Waals surface area (Å²) >= 11 is 0. The summed E-state index contributed by atoms with van der Waals surface area (Å²) in [5.74, 6) is 6.36. The second-order valence-corrected chi connectivity index (χ2v) is 3.94. The molecule has 2 unspecified atom stereocenters. The molecule has 1 aliphatic heterocycles. The Morgan fingerprint density at radius 3 is 2.77 bits per heavy atom. The smallest absolute Gasteiger partial charge is 0.0975 e. The van der Waals surface area contributed by atoms with Gasteiger partial charge in [0.1, 0.15) is 0 Å². The SMILES string of the molecule is NNC(CC1CC1)C1COCCO1. The topological polar surface area (TPSA) is 56.5 Å². The first-order valence-electron chi connectivity index (χ1n) is 5.05. The van der Waals surface area contributed by atoms with Crippen LogP contribution in [0.3, 0.4) is 0 Å². The van der Waals surface area contributed by atoms with E-state index in [1.54, 1.807) is 0 Å². The van der Waals surface area contributed by atoms with E-state index < -0.39 is 0 Å².